The molecule has 210 valence electrons. The molecule has 0 saturated carbocycles. The molecule has 2 amide bonds. The number of para-hydroxylation sites is 1. The quantitative estimate of drug-likeness (QED) is 0.0917. The molecule has 1 atom stereocenters. The normalized spacial score (nSPS) is 15.2. The lowest BCUT2D eigenvalue weighted by atomic mass is 10.1. The number of oxime groups is 1. The van der Waals surface area contributed by atoms with Gasteiger partial charge in [0, 0.05) is 42.5 Å². The number of fused-ring (bicyclic) bond motifs is 1. The lowest BCUT2D eigenvalue weighted by Gasteiger charge is -2.35. The molecule has 40 heavy (non-hydrogen) atoms. The van der Waals surface area contributed by atoms with Crippen molar-refractivity contribution in [3.63, 3.8) is 0 Å². The molecule has 1 fully saturated rings. The van der Waals surface area contributed by atoms with Crippen LogP contribution in [-0.2, 0) is 24.4 Å². The Morgan fingerprint density at radius 3 is 2.50 bits per heavy atom. The highest BCUT2D eigenvalue weighted by Crippen LogP contribution is 2.21. The van der Waals surface area contributed by atoms with E-state index < -0.39 is 34.5 Å². The number of pyridine rings is 1. The van der Waals surface area contributed by atoms with Crippen molar-refractivity contribution in [3.8, 4) is 0 Å². The summed E-state index contributed by atoms with van der Waals surface area (Å²) in [6.07, 6.45) is 1.43. The van der Waals surface area contributed by atoms with E-state index in [0.717, 1.165) is 5.69 Å². The summed E-state index contributed by atoms with van der Waals surface area (Å²) in [7, 11) is -4.30. The number of carbonyl (C=O) groups is 3. The first-order valence-corrected chi connectivity index (χ1v) is 13.5. The summed E-state index contributed by atoms with van der Waals surface area (Å²) >= 11 is 0. The number of hydrogen-bond donors (Lipinski definition) is 5. The predicted octanol–water partition coefficient (Wildman–Crippen LogP) is -0.474. The maximum atomic E-state index is 13.0. The standard InChI is InChI=1S/C25H27N7O7S/c26-24(29-37)17-6-8-18(9-7-17)31-11-12-32(22(34)15-31)14-21(33)28-13-19(25(35)36)30-40(38,39)20-5-1-3-16-4-2-10-27-23(16)20/h1-10,19,30,37H,11-15H2,(H2,26,29)(H,28,33)(H,35,36)/t19-/m0/s1. The fraction of sp³-hybridized carbons (Fsp3) is 0.240. The number of amides is 2. The minimum absolute atomic E-state index is 0.00676. The minimum atomic E-state index is -4.30. The summed E-state index contributed by atoms with van der Waals surface area (Å²) in [5.74, 6) is -2.48. The molecular weight excluding hydrogens is 542 g/mol. The Hall–Kier alpha value is -4.76. The molecule has 2 aromatic carbocycles. The molecular formula is C25H27N7O7S. The van der Waals surface area contributed by atoms with Crippen molar-refractivity contribution in [3.05, 3.63) is 66.4 Å². The maximum absolute atomic E-state index is 13.0. The molecule has 0 spiro atoms. The van der Waals surface area contributed by atoms with Crippen LogP contribution in [0.3, 0.4) is 0 Å². The van der Waals surface area contributed by atoms with Crippen molar-refractivity contribution < 1.29 is 33.1 Å². The SMILES string of the molecule is NC(=NO)c1ccc(N2CCN(CC(=O)NC[C@H](NS(=O)(=O)c3cccc4cccnc34)C(=O)O)C(=O)C2)cc1. The van der Waals surface area contributed by atoms with Crippen LogP contribution in [0, 0.1) is 0 Å². The minimum Gasteiger partial charge on any atom is -0.480 e. The van der Waals surface area contributed by atoms with E-state index in [1.807, 2.05) is 4.90 Å². The first-order chi connectivity index (χ1) is 19.1. The Kier molecular flexibility index (Phi) is 8.45. The van der Waals surface area contributed by atoms with Crippen LogP contribution in [0.25, 0.3) is 10.9 Å². The zero-order chi connectivity index (χ0) is 28.9. The maximum Gasteiger partial charge on any atom is 0.323 e. The second kappa shape index (κ2) is 12.0. The fourth-order valence-electron chi connectivity index (χ4n) is 4.17. The number of benzene rings is 2. The van der Waals surface area contributed by atoms with Gasteiger partial charge in [-0.2, -0.15) is 4.72 Å². The molecule has 2 heterocycles. The molecule has 4 rings (SSSR count). The number of amidine groups is 1. The van der Waals surface area contributed by atoms with Gasteiger partial charge in [-0.1, -0.05) is 23.4 Å². The zero-order valence-electron chi connectivity index (χ0n) is 21.1. The third-order valence-corrected chi connectivity index (χ3v) is 7.78. The molecule has 1 saturated heterocycles. The summed E-state index contributed by atoms with van der Waals surface area (Å²) in [5.41, 5.74) is 7.01. The topological polar surface area (TPSA) is 208 Å². The van der Waals surface area contributed by atoms with Gasteiger partial charge in [-0.25, -0.2) is 8.42 Å². The van der Waals surface area contributed by atoms with E-state index in [0.29, 0.717) is 17.5 Å². The second-order valence-corrected chi connectivity index (χ2v) is 10.6. The van der Waals surface area contributed by atoms with E-state index in [2.05, 4.69) is 20.2 Å². The summed E-state index contributed by atoms with van der Waals surface area (Å²) in [4.78, 5) is 44.0. The second-order valence-electron chi connectivity index (χ2n) is 8.92. The van der Waals surface area contributed by atoms with E-state index >= 15 is 0 Å². The van der Waals surface area contributed by atoms with Gasteiger partial charge in [0.05, 0.1) is 18.6 Å². The molecule has 3 aromatic rings. The van der Waals surface area contributed by atoms with Crippen molar-refractivity contribution in [2.75, 3.05) is 37.6 Å². The van der Waals surface area contributed by atoms with E-state index in [1.54, 1.807) is 42.5 Å². The van der Waals surface area contributed by atoms with Gasteiger partial charge in [0.15, 0.2) is 5.84 Å². The molecule has 0 bridgehead atoms. The lowest BCUT2D eigenvalue weighted by molar-refractivity contribution is -0.139. The van der Waals surface area contributed by atoms with Crippen molar-refractivity contribution in [2.45, 2.75) is 10.9 Å². The average Bonchev–Trinajstić information content (AvgIpc) is 2.95. The number of nitrogens with two attached hydrogens (primary N) is 1. The Balaban J connectivity index is 1.33. The van der Waals surface area contributed by atoms with Crippen LogP contribution in [0.4, 0.5) is 5.69 Å². The van der Waals surface area contributed by atoms with E-state index in [9.17, 15) is 27.9 Å². The molecule has 1 aliphatic heterocycles. The molecule has 0 unspecified atom stereocenters. The van der Waals surface area contributed by atoms with Crippen molar-refractivity contribution in [1.82, 2.24) is 19.9 Å². The summed E-state index contributed by atoms with van der Waals surface area (Å²) < 4.78 is 28.1. The number of carboxylic acid groups (broad SMARTS) is 1. The van der Waals surface area contributed by atoms with Crippen LogP contribution in [-0.4, -0.2) is 91.0 Å². The van der Waals surface area contributed by atoms with Gasteiger partial charge in [-0.3, -0.25) is 19.4 Å². The summed E-state index contributed by atoms with van der Waals surface area (Å²) in [5, 5.41) is 24.3. The number of piperazine rings is 1. The Bertz CT molecular complexity index is 1560. The van der Waals surface area contributed by atoms with Crippen LogP contribution in [0.1, 0.15) is 5.56 Å². The number of nitrogens with zero attached hydrogens (tertiary/aromatic N) is 4. The first kappa shape index (κ1) is 28.3. The number of aromatic nitrogens is 1. The molecule has 14 nitrogen and oxygen atoms in total. The van der Waals surface area contributed by atoms with Gasteiger partial charge in [0.2, 0.25) is 21.8 Å². The monoisotopic (exact) mass is 569 g/mol. The molecule has 6 N–H and O–H groups in total. The number of rotatable bonds is 10. The number of aliphatic carboxylic acids is 1. The van der Waals surface area contributed by atoms with Crippen LogP contribution >= 0.6 is 0 Å². The first-order valence-electron chi connectivity index (χ1n) is 12.1. The van der Waals surface area contributed by atoms with E-state index in [-0.39, 0.29) is 41.8 Å². The third-order valence-electron chi connectivity index (χ3n) is 6.27. The molecule has 1 aliphatic rings. The Labute approximate surface area is 229 Å². The highest BCUT2D eigenvalue weighted by atomic mass is 32.2. The largest absolute Gasteiger partial charge is 0.480 e. The number of nitrogens with one attached hydrogen (secondary N) is 2. The Morgan fingerprint density at radius 2 is 1.82 bits per heavy atom. The van der Waals surface area contributed by atoms with Gasteiger partial charge >= 0.3 is 5.97 Å². The van der Waals surface area contributed by atoms with Crippen LogP contribution in [0.2, 0.25) is 0 Å². The van der Waals surface area contributed by atoms with Crippen LogP contribution in [0.5, 0.6) is 0 Å². The number of carboxylic acids is 1. The third kappa shape index (κ3) is 6.44. The van der Waals surface area contributed by atoms with E-state index in [4.69, 9.17) is 10.9 Å². The predicted molar refractivity (Wildman–Crippen MR) is 144 cm³/mol. The van der Waals surface area contributed by atoms with Crippen LogP contribution in [0.15, 0.2) is 70.8 Å². The van der Waals surface area contributed by atoms with Gasteiger partial charge in [-0.05, 0) is 36.4 Å². The number of carbonyl (C=O) groups excluding carboxylic acids is 2. The van der Waals surface area contributed by atoms with Gasteiger partial charge in [0.1, 0.15) is 10.9 Å². The number of sulfonamides is 1. The van der Waals surface area contributed by atoms with Crippen molar-refractivity contribution in [1.29, 1.82) is 0 Å². The molecule has 0 aliphatic carbocycles. The Morgan fingerprint density at radius 1 is 1.10 bits per heavy atom. The van der Waals surface area contributed by atoms with Crippen LogP contribution < -0.4 is 20.7 Å². The lowest BCUT2D eigenvalue weighted by Crippen LogP contribution is -2.54. The average molecular weight is 570 g/mol. The fourth-order valence-corrected chi connectivity index (χ4v) is 5.53. The van der Waals surface area contributed by atoms with Gasteiger partial charge in [-0.15, -0.1) is 0 Å². The molecule has 15 heteroatoms. The van der Waals surface area contributed by atoms with Gasteiger partial charge in [0.25, 0.3) is 0 Å². The molecule has 1 aromatic heterocycles. The van der Waals surface area contributed by atoms with E-state index in [1.165, 1.54) is 23.2 Å². The summed E-state index contributed by atoms with van der Waals surface area (Å²) in [6, 6.07) is 12.9. The number of anilines is 1. The van der Waals surface area contributed by atoms with Crippen molar-refractivity contribution in [2.24, 2.45) is 10.9 Å². The zero-order valence-corrected chi connectivity index (χ0v) is 21.9. The highest BCUT2D eigenvalue weighted by molar-refractivity contribution is 7.89. The van der Waals surface area contributed by atoms with Crippen molar-refractivity contribution >= 4 is 50.2 Å². The van der Waals surface area contributed by atoms with Gasteiger partial charge < -0.3 is 31.2 Å². The number of hydrogen-bond acceptors (Lipinski definition) is 9. The highest BCUT2D eigenvalue weighted by Gasteiger charge is 2.29. The smallest absolute Gasteiger partial charge is 0.323 e. The molecule has 0 radical (unpaired) electrons. The summed E-state index contributed by atoms with van der Waals surface area (Å²) in [6.45, 7) is -0.184.